The predicted molar refractivity (Wildman–Crippen MR) is 78.3 cm³/mol. The van der Waals surface area contributed by atoms with Crippen LogP contribution in [0.1, 0.15) is 23.2 Å². The smallest absolute Gasteiger partial charge is 0.254 e. The van der Waals surface area contributed by atoms with Crippen LogP contribution in [0, 0.1) is 5.82 Å². The van der Waals surface area contributed by atoms with Gasteiger partial charge >= 0.3 is 0 Å². The van der Waals surface area contributed by atoms with Gasteiger partial charge in [-0.1, -0.05) is 15.9 Å². The summed E-state index contributed by atoms with van der Waals surface area (Å²) in [6, 6.07) is 4.30. The third kappa shape index (κ3) is 4.54. The number of benzene rings is 1. The zero-order chi connectivity index (χ0) is 14.4. The van der Waals surface area contributed by atoms with Gasteiger partial charge in [0.25, 0.3) is 5.91 Å². The highest BCUT2D eigenvalue weighted by Crippen LogP contribution is 2.15. The summed E-state index contributed by atoms with van der Waals surface area (Å²) in [5.41, 5.74) is 0.0428. The number of amides is 1. The molecule has 110 valence electrons. The molecule has 1 aromatic rings. The van der Waals surface area contributed by atoms with Gasteiger partial charge in [0.2, 0.25) is 0 Å². The third-order valence-corrected chi connectivity index (χ3v) is 3.69. The summed E-state index contributed by atoms with van der Waals surface area (Å²) in [6.07, 6.45) is 2.25. The van der Waals surface area contributed by atoms with Crippen LogP contribution in [-0.2, 0) is 4.74 Å². The van der Waals surface area contributed by atoms with Crippen LogP contribution in [-0.4, -0.2) is 38.3 Å². The van der Waals surface area contributed by atoms with E-state index in [1.165, 1.54) is 12.1 Å². The number of hydrogen-bond acceptors (Lipinski definition) is 3. The van der Waals surface area contributed by atoms with Crippen molar-refractivity contribution in [3.63, 3.8) is 0 Å². The number of carbonyl (C=O) groups is 1. The molecule has 0 saturated carbocycles. The number of nitrogens with one attached hydrogen (secondary N) is 2. The minimum atomic E-state index is -0.523. The summed E-state index contributed by atoms with van der Waals surface area (Å²) in [6.45, 7) is 2.78. The standard InChI is InChI=1S/C14H18BrFN2O2/c15-10-1-2-13(16)12(9-10)14(19)18-7-8-20-11-3-5-17-6-4-11/h1-2,9,11,17H,3-8H2,(H,18,19). The largest absolute Gasteiger partial charge is 0.376 e. The number of hydrogen-bond donors (Lipinski definition) is 2. The van der Waals surface area contributed by atoms with E-state index in [4.69, 9.17) is 4.74 Å². The van der Waals surface area contributed by atoms with Crippen molar-refractivity contribution in [1.29, 1.82) is 0 Å². The van der Waals surface area contributed by atoms with E-state index in [2.05, 4.69) is 26.6 Å². The molecule has 0 radical (unpaired) electrons. The second-order valence-electron chi connectivity index (χ2n) is 4.70. The number of carbonyl (C=O) groups excluding carboxylic acids is 1. The molecule has 0 atom stereocenters. The first kappa shape index (κ1) is 15.4. The van der Waals surface area contributed by atoms with Gasteiger partial charge in [0, 0.05) is 11.0 Å². The minimum absolute atomic E-state index is 0.0428. The Bertz CT molecular complexity index is 464. The van der Waals surface area contributed by atoms with Crippen LogP contribution in [0.25, 0.3) is 0 Å². The maximum atomic E-state index is 13.5. The molecule has 1 aromatic carbocycles. The average Bonchev–Trinajstić information content (AvgIpc) is 2.47. The van der Waals surface area contributed by atoms with Crippen molar-refractivity contribution in [2.24, 2.45) is 0 Å². The molecule has 1 saturated heterocycles. The monoisotopic (exact) mass is 344 g/mol. The van der Waals surface area contributed by atoms with Gasteiger partial charge in [-0.3, -0.25) is 4.79 Å². The zero-order valence-corrected chi connectivity index (χ0v) is 12.7. The highest BCUT2D eigenvalue weighted by atomic mass is 79.9. The Hall–Kier alpha value is -0.980. The summed E-state index contributed by atoms with van der Waals surface area (Å²) >= 11 is 3.22. The molecule has 1 aliphatic heterocycles. The molecule has 0 bridgehead atoms. The Morgan fingerprint density at radius 3 is 2.95 bits per heavy atom. The molecular formula is C14H18BrFN2O2. The zero-order valence-electron chi connectivity index (χ0n) is 11.1. The van der Waals surface area contributed by atoms with Gasteiger partial charge < -0.3 is 15.4 Å². The van der Waals surface area contributed by atoms with E-state index < -0.39 is 11.7 Å². The molecule has 0 aliphatic carbocycles. The van der Waals surface area contributed by atoms with Crippen LogP contribution in [0.3, 0.4) is 0 Å². The molecule has 1 heterocycles. The number of rotatable bonds is 5. The fraction of sp³-hybridized carbons (Fsp3) is 0.500. The van der Waals surface area contributed by atoms with Gasteiger partial charge in [0.05, 0.1) is 18.3 Å². The first-order chi connectivity index (χ1) is 9.66. The number of piperidine rings is 1. The van der Waals surface area contributed by atoms with Crippen LogP contribution in [0.15, 0.2) is 22.7 Å². The molecule has 1 fully saturated rings. The van der Waals surface area contributed by atoms with Gasteiger partial charge in [-0.2, -0.15) is 0 Å². The molecule has 0 aromatic heterocycles. The molecule has 1 aliphatic rings. The van der Waals surface area contributed by atoms with E-state index in [1.54, 1.807) is 6.07 Å². The van der Waals surface area contributed by atoms with Gasteiger partial charge in [0.1, 0.15) is 5.82 Å². The van der Waals surface area contributed by atoms with Gasteiger partial charge in [-0.05, 0) is 44.1 Å². The Balaban J connectivity index is 1.73. The van der Waals surface area contributed by atoms with Gasteiger partial charge in [-0.15, -0.1) is 0 Å². The Kier molecular flexibility index (Phi) is 5.94. The maximum absolute atomic E-state index is 13.5. The first-order valence-corrected chi connectivity index (χ1v) is 7.51. The van der Waals surface area contributed by atoms with Crippen LogP contribution >= 0.6 is 15.9 Å². The van der Waals surface area contributed by atoms with E-state index >= 15 is 0 Å². The quantitative estimate of drug-likeness (QED) is 0.804. The normalized spacial score (nSPS) is 16.1. The highest BCUT2D eigenvalue weighted by Gasteiger charge is 2.14. The van der Waals surface area contributed by atoms with Crippen LogP contribution in [0.5, 0.6) is 0 Å². The van der Waals surface area contributed by atoms with Crippen molar-refractivity contribution in [1.82, 2.24) is 10.6 Å². The lowest BCUT2D eigenvalue weighted by Crippen LogP contribution is -2.35. The summed E-state index contributed by atoms with van der Waals surface area (Å²) in [7, 11) is 0. The molecule has 2 rings (SSSR count). The van der Waals surface area contributed by atoms with E-state index in [0.717, 1.165) is 25.9 Å². The van der Waals surface area contributed by atoms with E-state index in [1.807, 2.05) is 0 Å². The maximum Gasteiger partial charge on any atom is 0.254 e. The molecule has 4 nitrogen and oxygen atoms in total. The van der Waals surface area contributed by atoms with E-state index in [-0.39, 0.29) is 11.7 Å². The first-order valence-electron chi connectivity index (χ1n) is 6.72. The van der Waals surface area contributed by atoms with Gasteiger partial charge in [-0.25, -0.2) is 4.39 Å². The highest BCUT2D eigenvalue weighted by molar-refractivity contribution is 9.10. The van der Waals surface area contributed by atoms with Crippen LogP contribution in [0.4, 0.5) is 4.39 Å². The van der Waals surface area contributed by atoms with Crippen molar-refractivity contribution in [3.8, 4) is 0 Å². The fourth-order valence-electron chi connectivity index (χ4n) is 2.12. The Morgan fingerprint density at radius 1 is 1.45 bits per heavy atom. The summed E-state index contributed by atoms with van der Waals surface area (Å²) in [5, 5.41) is 5.93. The van der Waals surface area contributed by atoms with Crippen molar-refractivity contribution < 1.29 is 13.9 Å². The van der Waals surface area contributed by atoms with Crippen molar-refractivity contribution in [3.05, 3.63) is 34.1 Å². The molecule has 0 spiro atoms. The lowest BCUT2D eigenvalue weighted by molar-refractivity contribution is 0.0343. The topological polar surface area (TPSA) is 50.4 Å². The summed E-state index contributed by atoms with van der Waals surface area (Å²) in [4.78, 5) is 11.8. The third-order valence-electron chi connectivity index (χ3n) is 3.20. The Labute approximate surface area is 126 Å². The van der Waals surface area contributed by atoms with Crippen molar-refractivity contribution >= 4 is 21.8 Å². The predicted octanol–water partition coefficient (Wildman–Crippen LogP) is 2.09. The van der Waals surface area contributed by atoms with E-state index in [9.17, 15) is 9.18 Å². The molecule has 0 unspecified atom stereocenters. The van der Waals surface area contributed by atoms with E-state index in [0.29, 0.717) is 17.6 Å². The lowest BCUT2D eigenvalue weighted by Gasteiger charge is -2.22. The SMILES string of the molecule is O=C(NCCOC1CCNCC1)c1cc(Br)ccc1F. The fourth-order valence-corrected chi connectivity index (χ4v) is 2.48. The second kappa shape index (κ2) is 7.71. The molecule has 6 heteroatoms. The number of halogens is 2. The van der Waals surface area contributed by atoms with Crippen LogP contribution < -0.4 is 10.6 Å². The second-order valence-corrected chi connectivity index (χ2v) is 5.62. The minimum Gasteiger partial charge on any atom is -0.376 e. The molecular weight excluding hydrogens is 327 g/mol. The average molecular weight is 345 g/mol. The van der Waals surface area contributed by atoms with Crippen molar-refractivity contribution in [2.75, 3.05) is 26.2 Å². The summed E-state index contributed by atoms with van der Waals surface area (Å²) < 4.78 is 19.8. The summed E-state index contributed by atoms with van der Waals surface area (Å²) in [5.74, 6) is -0.942. The van der Waals surface area contributed by atoms with Crippen LogP contribution in [0.2, 0.25) is 0 Å². The molecule has 1 amide bonds. The van der Waals surface area contributed by atoms with Crippen molar-refractivity contribution in [2.45, 2.75) is 18.9 Å². The number of ether oxygens (including phenoxy) is 1. The van der Waals surface area contributed by atoms with Gasteiger partial charge in [0.15, 0.2) is 0 Å². The molecule has 2 N–H and O–H groups in total. The Morgan fingerprint density at radius 2 is 2.20 bits per heavy atom. The molecule has 20 heavy (non-hydrogen) atoms. The lowest BCUT2D eigenvalue weighted by atomic mass is 10.1.